The first kappa shape index (κ1) is 19.0. The summed E-state index contributed by atoms with van der Waals surface area (Å²) in [6.07, 6.45) is 3.54. The van der Waals surface area contributed by atoms with Gasteiger partial charge in [-0.2, -0.15) is 0 Å². The van der Waals surface area contributed by atoms with Crippen LogP contribution in [0.5, 0.6) is 0 Å². The molecule has 23 heavy (non-hydrogen) atoms. The standard InChI is InChI=1S/C18H34O4Si/c1-12(2)23(13(3)4,14(5)6)22-15-9-10-19-16-11-20-18(7,8)21-17(15)16/h9-10,12-17H,11H2,1-8H3/t15-,16+,17+/m0/s1. The van der Waals surface area contributed by atoms with Gasteiger partial charge in [0.1, 0.15) is 6.10 Å². The summed E-state index contributed by atoms with van der Waals surface area (Å²) >= 11 is 0. The van der Waals surface area contributed by atoms with E-state index in [0.717, 1.165) is 0 Å². The lowest BCUT2D eigenvalue weighted by Gasteiger charge is -2.49. The zero-order chi connectivity index (χ0) is 17.4. The summed E-state index contributed by atoms with van der Waals surface area (Å²) in [6, 6.07) is 0. The van der Waals surface area contributed by atoms with Crippen LogP contribution in [-0.2, 0) is 18.6 Å². The van der Waals surface area contributed by atoms with Crippen molar-refractivity contribution >= 4 is 8.32 Å². The third-order valence-corrected chi connectivity index (χ3v) is 11.4. The van der Waals surface area contributed by atoms with Crippen LogP contribution in [0.4, 0.5) is 0 Å². The second-order valence-electron chi connectivity index (χ2n) is 8.20. The maximum absolute atomic E-state index is 6.92. The van der Waals surface area contributed by atoms with Crippen molar-refractivity contribution in [3.63, 3.8) is 0 Å². The van der Waals surface area contributed by atoms with Gasteiger partial charge in [-0.05, 0) is 36.5 Å². The van der Waals surface area contributed by atoms with Gasteiger partial charge >= 0.3 is 0 Å². The molecule has 0 aliphatic carbocycles. The first-order valence-electron chi connectivity index (χ1n) is 8.92. The molecular formula is C18H34O4Si. The van der Waals surface area contributed by atoms with E-state index in [1.807, 2.05) is 19.9 Å². The lowest BCUT2D eigenvalue weighted by Crippen LogP contribution is -2.59. The van der Waals surface area contributed by atoms with Crippen LogP contribution in [0.1, 0.15) is 55.4 Å². The molecule has 0 radical (unpaired) electrons. The maximum Gasteiger partial charge on any atom is 0.201 e. The Morgan fingerprint density at radius 1 is 1.04 bits per heavy atom. The molecule has 0 spiro atoms. The molecule has 2 rings (SSSR count). The fraction of sp³-hybridized carbons (Fsp3) is 0.889. The summed E-state index contributed by atoms with van der Waals surface area (Å²) in [6.45, 7) is 18.3. The molecule has 0 unspecified atom stereocenters. The molecule has 2 aliphatic rings. The number of hydrogen-bond acceptors (Lipinski definition) is 4. The Hall–Kier alpha value is -0.363. The molecule has 1 saturated heterocycles. The van der Waals surface area contributed by atoms with Crippen LogP contribution in [-0.4, -0.2) is 39.0 Å². The van der Waals surface area contributed by atoms with Crippen LogP contribution >= 0.6 is 0 Å². The Balaban J connectivity index is 2.28. The van der Waals surface area contributed by atoms with Gasteiger partial charge in [0.2, 0.25) is 8.32 Å². The van der Waals surface area contributed by atoms with Crippen LogP contribution in [0.25, 0.3) is 0 Å². The van der Waals surface area contributed by atoms with Gasteiger partial charge in [-0.25, -0.2) is 0 Å². The van der Waals surface area contributed by atoms with E-state index in [1.165, 1.54) is 0 Å². The van der Waals surface area contributed by atoms with Crippen molar-refractivity contribution in [3.8, 4) is 0 Å². The van der Waals surface area contributed by atoms with E-state index in [4.69, 9.17) is 18.6 Å². The van der Waals surface area contributed by atoms with Gasteiger partial charge in [0.25, 0.3) is 0 Å². The van der Waals surface area contributed by atoms with Gasteiger partial charge in [0, 0.05) is 0 Å². The van der Waals surface area contributed by atoms with Crippen LogP contribution in [0.3, 0.4) is 0 Å². The number of ether oxygens (including phenoxy) is 3. The Morgan fingerprint density at radius 2 is 1.61 bits per heavy atom. The highest BCUT2D eigenvalue weighted by Gasteiger charge is 2.51. The molecule has 0 bridgehead atoms. The van der Waals surface area contributed by atoms with E-state index in [9.17, 15) is 0 Å². The summed E-state index contributed by atoms with van der Waals surface area (Å²) in [5, 5.41) is 0. The maximum atomic E-state index is 6.92. The molecule has 4 nitrogen and oxygen atoms in total. The lowest BCUT2D eigenvalue weighted by atomic mass is 10.0. The lowest BCUT2D eigenvalue weighted by molar-refractivity contribution is -0.317. The highest BCUT2D eigenvalue weighted by Crippen LogP contribution is 2.44. The normalized spacial score (nSPS) is 30.7. The van der Waals surface area contributed by atoms with E-state index in [-0.39, 0.29) is 18.3 Å². The fourth-order valence-electron chi connectivity index (χ4n) is 4.29. The van der Waals surface area contributed by atoms with Crippen molar-refractivity contribution in [1.82, 2.24) is 0 Å². The van der Waals surface area contributed by atoms with Crippen molar-refractivity contribution in [2.45, 2.75) is 96.1 Å². The predicted octanol–water partition coefficient (Wildman–Crippen LogP) is 4.61. The second-order valence-corrected chi connectivity index (χ2v) is 13.6. The molecule has 2 heterocycles. The van der Waals surface area contributed by atoms with Crippen molar-refractivity contribution in [2.75, 3.05) is 6.61 Å². The molecule has 134 valence electrons. The zero-order valence-electron chi connectivity index (χ0n) is 16.0. The van der Waals surface area contributed by atoms with Crippen molar-refractivity contribution in [2.24, 2.45) is 0 Å². The molecule has 0 aromatic heterocycles. The summed E-state index contributed by atoms with van der Waals surface area (Å²) in [4.78, 5) is 0. The van der Waals surface area contributed by atoms with Crippen LogP contribution in [0.15, 0.2) is 12.3 Å². The van der Waals surface area contributed by atoms with Gasteiger partial charge in [-0.1, -0.05) is 41.5 Å². The zero-order valence-corrected chi connectivity index (χ0v) is 17.0. The Labute approximate surface area is 142 Å². The average Bonchev–Trinajstić information content (AvgIpc) is 2.42. The summed E-state index contributed by atoms with van der Waals surface area (Å²) in [5.41, 5.74) is 1.64. The van der Waals surface area contributed by atoms with Gasteiger partial charge in [-0.15, -0.1) is 0 Å². The topological polar surface area (TPSA) is 36.9 Å². The molecule has 0 aromatic rings. The van der Waals surface area contributed by atoms with E-state index in [0.29, 0.717) is 23.2 Å². The number of hydrogen-bond donors (Lipinski definition) is 0. The second kappa shape index (κ2) is 6.87. The highest BCUT2D eigenvalue weighted by molar-refractivity contribution is 6.77. The molecule has 2 aliphatic heterocycles. The van der Waals surface area contributed by atoms with E-state index in [2.05, 4.69) is 41.5 Å². The van der Waals surface area contributed by atoms with Crippen LogP contribution < -0.4 is 0 Å². The van der Waals surface area contributed by atoms with Crippen LogP contribution in [0, 0.1) is 0 Å². The molecule has 5 heteroatoms. The van der Waals surface area contributed by atoms with Crippen LogP contribution in [0.2, 0.25) is 16.6 Å². The van der Waals surface area contributed by atoms with Gasteiger partial charge in [0.05, 0.1) is 19.0 Å². The van der Waals surface area contributed by atoms with E-state index >= 15 is 0 Å². The van der Waals surface area contributed by atoms with E-state index in [1.54, 1.807) is 6.26 Å². The van der Waals surface area contributed by atoms with E-state index < -0.39 is 14.1 Å². The third kappa shape index (κ3) is 3.68. The molecular weight excluding hydrogens is 308 g/mol. The number of rotatable bonds is 5. The molecule has 0 saturated carbocycles. The van der Waals surface area contributed by atoms with Crippen molar-refractivity contribution in [3.05, 3.63) is 12.3 Å². The Kier molecular flexibility index (Phi) is 5.66. The van der Waals surface area contributed by atoms with Gasteiger partial charge in [-0.3, -0.25) is 0 Å². The minimum absolute atomic E-state index is 0.0595. The fourth-order valence-corrected chi connectivity index (χ4v) is 9.79. The predicted molar refractivity (Wildman–Crippen MR) is 94.8 cm³/mol. The molecule has 0 aromatic carbocycles. The van der Waals surface area contributed by atoms with Gasteiger partial charge in [0.15, 0.2) is 11.9 Å². The van der Waals surface area contributed by atoms with Crippen molar-refractivity contribution in [1.29, 1.82) is 0 Å². The molecule has 0 N–H and O–H groups in total. The minimum Gasteiger partial charge on any atom is -0.493 e. The molecule has 3 atom stereocenters. The molecule has 0 amide bonds. The summed E-state index contributed by atoms with van der Waals surface area (Å²) in [7, 11) is -1.97. The third-order valence-electron chi connectivity index (χ3n) is 5.27. The largest absolute Gasteiger partial charge is 0.493 e. The first-order valence-corrected chi connectivity index (χ1v) is 11.1. The quantitative estimate of drug-likeness (QED) is 0.684. The summed E-state index contributed by atoms with van der Waals surface area (Å²) < 4.78 is 24.5. The van der Waals surface area contributed by atoms with Crippen molar-refractivity contribution < 1.29 is 18.6 Å². The van der Waals surface area contributed by atoms with Gasteiger partial charge < -0.3 is 18.6 Å². The Morgan fingerprint density at radius 3 is 2.13 bits per heavy atom. The smallest absolute Gasteiger partial charge is 0.201 e. The highest BCUT2D eigenvalue weighted by atomic mass is 28.4. The monoisotopic (exact) mass is 342 g/mol. The minimum atomic E-state index is -1.97. The first-order chi connectivity index (χ1) is 10.6. The Bertz CT molecular complexity index is 409. The average molecular weight is 343 g/mol. The summed E-state index contributed by atoms with van der Waals surface area (Å²) in [5.74, 6) is -0.588. The molecule has 1 fully saturated rings. The number of fused-ring (bicyclic) bond motifs is 1. The SMILES string of the molecule is CC(C)[Si](O[C@H]1C=CO[C@@H]2COC(C)(C)O[C@H]12)(C(C)C)C(C)C.